The minimum Gasteiger partial charge on any atom is -0.480 e. The number of H-pyrrole nitrogens is 1. The maximum atomic E-state index is 12.6. The average Bonchev–Trinajstić information content (AvgIpc) is 3.08. The summed E-state index contributed by atoms with van der Waals surface area (Å²) < 4.78 is 10.9. The van der Waals surface area contributed by atoms with Crippen LogP contribution >= 0.6 is 15.9 Å². The van der Waals surface area contributed by atoms with E-state index in [2.05, 4.69) is 31.2 Å². The van der Waals surface area contributed by atoms with Crippen molar-refractivity contribution in [1.82, 2.24) is 15.3 Å². The number of nitrogens with one attached hydrogen (secondary N) is 2. The van der Waals surface area contributed by atoms with Crippen molar-refractivity contribution in [1.29, 1.82) is 0 Å². The molecule has 2 heterocycles. The minimum atomic E-state index is -0.856. The summed E-state index contributed by atoms with van der Waals surface area (Å²) in [6.07, 6.45) is 3.62. The summed E-state index contributed by atoms with van der Waals surface area (Å²) in [5.41, 5.74) is 2.08. The van der Waals surface area contributed by atoms with Crippen molar-refractivity contribution in [3.05, 3.63) is 58.3 Å². The minimum absolute atomic E-state index is 0.189. The number of aromatic amines is 1. The van der Waals surface area contributed by atoms with E-state index in [0.717, 1.165) is 20.9 Å². The largest absolute Gasteiger partial charge is 0.480 e. The molecule has 27 heavy (non-hydrogen) atoms. The van der Waals surface area contributed by atoms with Gasteiger partial charge < -0.3 is 19.8 Å². The van der Waals surface area contributed by atoms with E-state index in [1.165, 1.54) is 20.4 Å². The number of fused-ring (bicyclic) bond motifs is 1. The van der Waals surface area contributed by atoms with Crippen LogP contribution in [-0.4, -0.2) is 42.1 Å². The molecule has 0 aliphatic rings. The third kappa shape index (κ3) is 4.11. The van der Waals surface area contributed by atoms with Crippen LogP contribution in [0.3, 0.4) is 0 Å². The summed E-state index contributed by atoms with van der Waals surface area (Å²) in [5, 5.41) is 3.68. The molecule has 0 bridgehead atoms. The maximum absolute atomic E-state index is 12.6. The van der Waals surface area contributed by atoms with Crippen molar-refractivity contribution >= 4 is 38.7 Å². The molecule has 0 unspecified atom stereocenters. The highest BCUT2D eigenvalue weighted by molar-refractivity contribution is 9.10. The van der Waals surface area contributed by atoms with Gasteiger partial charge in [0.15, 0.2) is 0 Å². The van der Waals surface area contributed by atoms with Crippen LogP contribution in [0.15, 0.2) is 47.2 Å². The molecule has 0 saturated carbocycles. The summed E-state index contributed by atoms with van der Waals surface area (Å²) in [5.74, 6) is -0.804. The van der Waals surface area contributed by atoms with E-state index in [4.69, 9.17) is 9.47 Å². The van der Waals surface area contributed by atoms with Crippen molar-refractivity contribution in [2.75, 3.05) is 14.2 Å². The number of pyridine rings is 1. The Morgan fingerprint density at radius 2 is 2.11 bits per heavy atom. The van der Waals surface area contributed by atoms with E-state index in [9.17, 15) is 9.59 Å². The van der Waals surface area contributed by atoms with E-state index < -0.39 is 17.9 Å². The molecule has 0 aliphatic heterocycles. The number of carbonyl (C=O) groups is 2. The van der Waals surface area contributed by atoms with Crippen molar-refractivity contribution in [3.63, 3.8) is 0 Å². The summed E-state index contributed by atoms with van der Waals surface area (Å²) in [7, 11) is 2.72. The van der Waals surface area contributed by atoms with E-state index in [-0.39, 0.29) is 17.9 Å². The van der Waals surface area contributed by atoms with Crippen LogP contribution in [-0.2, 0) is 16.0 Å². The average molecular weight is 432 g/mol. The Morgan fingerprint density at radius 3 is 2.85 bits per heavy atom. The van der Waals surface area contributed by atoms with Crippen molar-refractivity contribution in [2.24, 2.45) is 0 Å². The molecule has 1 aromatic carbocycles. The van der Waals surface area contributed by atoms with Gasteiger partial charge in [0.25, 0.3) is 5.91 Å². The zero-order chi connectivity index (χ0) is 19.4. The van der Waals surface area contributed by atoms with Crippen molar-refractivity contribution in [3.8, 4) is 5.88 Å². The number of nitrogens with zero attached hydrogens (tertiary/aromatic N) is 1. The van der Waals surface area contributed by atoms with Gasteiger partial charge in [0, 0.05) is 34.2 Å². The topological polar surface area (TPSA) is 93.3 Å². The predicted octanol–water partition coefficient (Wildman–Crippen LogP) is 2.85. The first-order valence-electron chi connectivity index (χ1n) is 8.16. The second kappa shape index (κ2) is 8.22. The Hall–Kier alpha value is -2.87. The number of carbonyl (C=O) groups excluding carboxylic acids is 2. The molecule has 0 aliphatic carbocycles. The molecule has 0 spiro atoms. The fourth-order valence-electron chi connectivity index (χ4n) is 2.84. The Kier molecular flexibility index (Phi) is 5.75. The van der Waals surface area contributed by atoms with Gasteiger partial charge in [-0.15, -0.1) is 0 Å². The SMILES string of the molecule is COC(=O)[C@@H](Cc1c[nH]c2ccc(Br)cc12)NC(=O)c1cccnc1OC. The highest BCUT2D eigenvalue weighted by atomic mass is 79.9. The van der Waals surface area contributed by atoms with Gasteiger partial charge in [0.05, 0.1) is 14.2 Å². The second-order valence-electron chi connectivity index (χ2n) is 5.82. The molecule has 140 valence electrons. The number of rotatable bonds is 6. The Bertz CT molecular complexity index is 986. The van der Waals surface area contributed by atoms with Gasteiger partial charge in [-0.2, -0.15) is 0 Å². The number of methoxy groups -OCH3 is 2. The van der Waals surface area contributed by atoms with Crippen LogP contribution in [0.5, 0.6) is 5.88 Å². The molecule has 8 heteroatoms. The molecule has 2 N–H and O–H groups in total. The molecule has 1 amide bonds. The van der Waals surface area contributed by atoms with Crippen molar-refractivity contribution in [2.45, 2.75) is 12.5 Å². The fraction of sp³-hybridized carbons (Fsp3) is 0.211. The monoisotopic (exact) mass is 431 g/mol. The Labute approximate surface area is 164 Å². The van der Waals surface area contributed by atoms with Gasteiger partial charge in [-0.25, -0.2) is 9.78 Å². The number of ether oxygens (including phenoxy) is 2. The molecular formula is C19H18BrN3O4. The van der Waals surface area contributed by atoms with Gasteiger partial charge in [0.2, 0.25) is 5.88 Å². The third-order valence-electron chi connectivity index (χ3n) is 4.15. The van der Waals surface area contributed by atoms with Gasteiger partial charge in [-0.05, 0) is 35.9 Å². The Morgan fingerprint density at radius 1 is 1.30 bits per heavy atom. The summed E-state index contributed by atoms with van der Waals surface area (Å²) >= 11 is 3.45. The Balaban J connectivity index is 1.87. The van der Waals surface area contributed by atoms with Crippen molar-refractivity contribution < 1.29 is 19.1 Å². The molecule has 1 atom stereocenters. The lowest BCUT2D eigenvalue weighted by Gasteiger charge is -2.17. The molecule has 2 aromatic heterocycles. The van der Waals surface area contributed by atoms with Gasteiger partial charge in [-0.3, -0.25) is 4.79 Å². The summed E-state index contributed by atoms with van der Waals surface area (Å²) in [4.78, 5) is 32.1. The predicted molar refractivity (Wildman–Crippen MR) is 104 cm³/mol. The lowest BCUT2D eigenvalue weighted by molar-refractivity contribution is -0.142. The van der Waals surface area contributed by atoms with E-state index in [1.54, 1.807) is 12.1 Å². The quantitative estimate of drug-likeness (QED) is 0.585. The lowest BCUT2D eigenvalue weighted by Crippen LogP contribution is -2.43. The molecule has 0 radical (unpaired) electrons. The van der Waals surface area contributed by atoms with Crippen LogP contribution in [0.25, 0.3) is 10.9 Å². The first-order chi connectivity index (χ1) is 13.0. The molecule has 0 saturated heterocycles. The molecule has 7 nitrogen and oxygen atoms in total. The van der Waals surface area contributed by atoms with Crippen LogP contribution in [0.2, 0.25) is 0 Å². The first-order valence-corrected chi connectivity index (χ1v) is 8.96. The molecular weight excluding hydrogens is 414 g/mol. The number of esters is 1. The van der Waals surface area contributed by atoms with E-state index in [1.807, 2.05) is 24.4 Å². The normalized spacial score (nSPS) is 11.8. The molecule has 3 rings (SSSR count). The number of hydrogen-bond acceptors (Lipinski definition) is 5. The second-order valence-corrected chi connectivity index (χ2v) is 6.73. The van der Waals surface area contributed by atoms with Gasteiger partial charge in [-0.1, -0.05) is 15.9 Å². The smallest absolute Gasteiger partial charge is 0.328 e. The number of aromatic nitrogens is 2. The number of benzene rings is 1. The number of halogens is 1. The van der Waals surface area contributed by atoms with Gasteiger partial charge >= 0.3 is 5.97 Å². The standard InChI is InChI=1S/C19H18BrN3O4/c1-26-18-13(4-3-7-21-18)17(24)23-16(19(25)27-2)8-11-10-22-15-6-5-12(20)9-14(11)15/h3-7,9-10,16,22H,8H2,1-2H3,(H,23,24)/t16-/m1/s1. The zero-order valence-corrected chi connectivity index (χ0v) is 16.4. The van der Waals surface area contributed by atoms with Crippen LogP contribution < -0.4 is 10.1 Å². The number of hydrogen-bond donors (Lipinski definition) is 2. The first kappa shape index (κ1) is 18.9. The summed E-state index contributed by atoms with van der Waals surface area (Å²) in [6, 6.07) is 8.18. The lowest BCUT2D eigenvalue weighted by atomic mass is 10.0. The number of amides is 1. The van der Waals surface area contributed by atoms with Crippen LogP contribution in [0, 0.1) is 0 Å². The molecule has 3 aromatic rings. The van der Waals surface area contributed by atoms with Crippen LogP contribution in [0.4, 0.5) is 0 Å². The fourth-order valence-corrected chi connectivity index (χ4v) is 3.20. The highest BCUT2D eigenvalue weighted by Gasteiger charge is 2.25. The third-order valence-corrected chi connectivity index (χ3v) is 4.65. The molecule has 0 fully saturated rings. The van der Waals surface area contributed by atoms with E-state index in [0.29, 0.717) is 0 Å². The van der Waals surface area contributed by atoms with Gasteiger partial charge in [0.1, 0.15) is 11.6 Å². The maximum Gasteiger partial charge on any atom is 0.328 e. The highest BCUT2D eigenvalue weighted by Crippen LogP contribution is 2.24. The van der Waals surface area contributed by atoms with E-state index >= 15 is 0 Å². The zero-order valence-electron chi connectivity index (χ0n) is 14.8. The summed E-state index contributed by atoms with van der Waals surface area (Å²) in [6.45, 7) is 0. The van der Waals surface area contributed by atoms with Crippen LogP contribution in [0.1, 0.15) is 15.9 Å².